The Labute approximate surface area is 215 Å². The molecule has 190 valence electrons. The van der Waals surface area contributed by atoms with Gasteiger partial charge in [-0.1, -0.05) is 0 Å². The third kappa shape index (κ3) is 7.63. The molecular formula is C29H28N2O6. The van der Waals surface area contributed by atoms with Crippen LogP contribution in [0.4, 0.5) is 11.4 Å². The summed E-state index contributed by atoms with van der Waals surface area (Å²) < 4.78 is 22.3. The lowest BCUT2D eigenvalue weighted by atomic mass is 10.1. The van der Waals surface area contributed by atoms with Gasteiger partial charge in [0, 0.05) is 30.6 Å². The van der Waals surface area contributed by atoms with Gasteiger partial charge in [-0.05, 0) is 84.9 Å². The molecule has 4 N–H and O–H groups in total. The zero-order valence-corrected chi connectivity index (χ0v) is 20.2. The fourth-order valence-electron chi connectivity index (χ4n) is 3.44. The summed E-state index contributed by atoms with van der Waals surface area (Å²) in [5.74, 6) is 1.66. The van der Waals surface area contributed by atoms with Gasteiger partial charge in [0.1, 0.15) is 17.3 Å². The fourth-order valence-corrected chi connectivity index (χ4v) is 3.44. The van der Waals surface area contributed by atoms with Crippen LogP contribution in [-0.2, 0) is 9.47 Å². The number of carbonyl (C=O) groups is 2. The van der Waals surface area contributed by atoms with Gasteiger partial charge in [0.05, 0.1) is 30.1 Å². The molecule has 3 aromatic rings. The summed E-state index contributed by atoms with van der Waals surface area (Å²) in [5, 5.41) is 0. The second-order valence-electron chi connectivity index (χ2n) is 8.31. The van der Waals surface area contributed by atoms with Gasteiger partial charge in [0.25, 0.3) is 0 Å². The summed E-state index contributed by atoms with van der Waals surface area (Å²) in [6.07, 6.45) is 5.50. The van der Waals surface area contributed by atoms with E-state index < -0.39 is 11.9 Å². The number of esters is 2. The van der Waals surface area contributed by atoms with E-state index in [0.717, 1.165) is 5.76 Å². The molecule has 0 aromatic heterocycles. The van der Waals surface area contributed by atoms with E-state index in [0.29, 0.717) is 72.2 Å². The van der Waals surface area contributed by atoms with Crippen molar-refractivity contribution in [1.29, 1.82) is 0 Å². The summed E-state index contributed by atoms with van der Waals surface area (Å²) in [7, 11) is 0. The maximum absolute atomic E-state index is 12.2. The lowest BCUT2D eigenvalue weighted by Crippen LogP contribution is -2.09. The monoisotopic (exact) mass is 500 g/mol. The second kappa shape index (κ2) is 12.3. The highest BCUT2D eigenvalue weighted by molar-refractivity contribution is 5.91. The second-order valence-corrected chi connectivity index (χ2v) is 8.31. The first-order valence-corrected chi connectivity index (χ1v) is 11.9. The molecule has 0 fully saturated rings. The Morgan fingerprint density at radius 2 is 1.08 bits per heavy atom. The Kier molecular flexibility index (Phi) is 8.44. The largest absolute Gasteiger partial charge is 0.498 e. The highest BCUT2D eigenvalue weighted by atomic mass is 16.5. The van der Waals surface area contributed by atoms with E-state index in [1.54, 1.807) is 78.9 Å². The highest BCUT2D eigenvalue weighted by Gasteiger charge is 2.14. The van der Waals surface area contributed by atoms with Gasteiger partial charge in [0.2, 0.25) is 0 Å². The Hall–Kier alpha value is -4.72. The topological polar surface area (TPSA) is 123 Å². The molecule has 0 saturated heterocycles. The van der Waals surface area contributed by atoms with E-state index in [2.05, 4.69) is 0 Å². The molecule has 1 aliphatic rings. The van der Waals surface area contributed by atoms with Gasteiger partial charge in [-0.15, -0.1) is 0 Å². The highest BCUT2D eigenvalue weighted by Crippen LogP contribution is 2.22. The number of hydrogen-bond acceptors (Lipinski definition) is 8. The first kappa shape index (κ1) is 25.4. The van der Waals surface area contributed by atoms with Crippen molar-refractivity contribution in [2.45, 2.75) is 19.3 Å². The molecule has 37 heavy (non-hydrogen) atoms. The van der Waals surface area contributed by atoms with Crippen LogP contribution < -0.4 is 20.9 Å². The van der Waals surface area contributed by atoms with Crippen LogP contribution in [0.25, 0.3) is 0 Å². The molecule has 3 aromatic carbocycles. The molecule has 0 spiro atoms. The van der Waals surface area contributed by atoms with Crippen LogP contribution >= 0.6 is 0 Å². The van der Waals surface area contributed by atoms with Crippen LogP contribution in [0.15, 0.2) is 96.5 Å². The smallest absolute Gasteiger partial charge is 0.343 e. The van der Waals surface area contributed by atoms with Crippen molar-refractivity contribution < 1.29 is 28.5 Å². The van der Waals surface area contributed by atoms with E-state index >= 15 is 0 Å². The maximum atomic E-state index is 12.2. The standard InChI is InChI=1S/C29H28N2O6/c30-22-6-2-20(3-7-22)28(32)36-26-14-10-24(11-15-26)34-18-1-19-35-25-12-16-27(17-13-25)37-29(33)21-4-8-23(31)9-5-21/h2-12,14-16H,1,13,17-19,30-31H2. The van der Waals surface area contributed by atoms with Crippen molar-refractivity contribution in [2.75, 3.05) is 24.7 Å². The van der Waals surface area contributed by atoms with Gasteiger partial charge in [-0.25, -0.2) is 9.59 Å². The molecule has 0 radical (unpaired) electrons. The number of hydrogen-bond donors (Lipinski definition) is 2. The Morgan fingerprint density at radius 1 is 0.595 bits per heavy atom. The number of rotatable bonds is 10. The van der Waals surface area contributed by atoms with Crippen molar-refractivity contribution in [3.05, 3.63) is 108 Å². The number of carbonyl (C=O) groups excluding carboxylic acids is 2. The molecule has 0 atom stereocenters. The molecule has 0 unspecified atom stereocenters. The zero-order chi connectivity index (χ0) is 26.0. The predicted molar refractivity (Wildman–Crippen MR) is 140 cm³/mol. The molecule has 0 saturated carbocycles. The summed E-state index contributed by atoms with van der Waals surface area (Å²) in [5.41, 5.74) is 13.3. The van der Waals surface area contributed by atoms with Crippen molar-refractivity contribution in [1.82, 2.24) is 0 Å². The molecule has 8 heteroatoms. The number of benzene rings is 3. The van der Waals surface area contributed by atoms with Crippen LogP contribution in [0.1, 0.15) is 40.0 Å². The molecule has 0 aliphatic heterocycles. The zero-order valence-electron chi connectivity index (χ0n) is 20.2. The quantitative estimate of drug-likeness (QED) is 0.167. The minimum absolute atomic E-state index is 0.408. The number of allylic oxidation sites excluding steroid dienone is 4. The van der Waals surface area contributed by atoms with Gasteiger partial charge >= 0.3 is 11.9 Å². The lowest BCUT2D eigenvalue weighted by Gasteiger charge is -2.16. The molecule has 0 bridgehead atoms. The molecule has 1 aliphatic carbocycles. The van der Waals surface area contributed by atoms with Crippen molar-refractivity contribution in [3.63, 3.8) is 0 Å². The van der Waals surface area contributed by atoms with Crippen molar-refractivity contribution >= 4 is 23.3 Å². The summed E-state index contributed by atoms with van der Waals surface area (Å²) in [6, 6.07) is 20.0. The van der Waals surface area contributed by atoms with Crippen LogP contribution in [0.2, 0.25) is 0 Å². The number of nitrogens with two attached hydrogens (primary N) is 2. The Morgan fingerprint density at radius 3 is 1.65 bits per heavy atom. The van der Waals surface area contributed by atoms with E-state index in [1.807, 2.05) is 6.08 Å². The van der Waals surface area contributed by atoms with E-state index in [-0.39, 0.29) is 0 Å². The van der Waals surface area contributed by atoms with E-state index in [9.17, 15) is 9.59 Å². The first-order chi connectivity index (χ1) is 18.0. The van der Waals surface area contributed by atoms with Crippen LogP contribution in [0.3, 0.4) is 0 Å². The molecule has 8 nitrogen and oxygen atoms in total. The molecule has 0 amide bonds. The first-order valence-electron chi connectivity index (χ1n) is 11.9. The third-order valence-electron chi connectivity index (χ3n) is 5.47. The summed E-state index contributed by atoms with van der Waals surface area (Å²) >= 11 is 0. The SMILES string of the molecule is Nc1ccc(C(=O)OC2=CC=C(OCCCOc3ccc(OC(=O)c4ccc(N)cc4)cc3)CC2)cc1. The van der Waals surface area contributed by atoms with E-state index in [4.69, 9.17) is 30.4 Å². The van der Waals surface area contributed by atoms with Crippen molar-refractivity contribution in [2.24, 2.45) is 0 Å². The number of ether oxygens (including phenoxy) is 4. The van der Waals surface area contributed by atoms with Gasteiger partial charge in [-0.2, -0.15) is 0 Å². The van der Waals surface area contributed by atoms with Gasteiger partial charge in [0.15, 0.2) is 0 Å². The van der Waals surface area contributed by atoms with Crippen LogP contribution in [0.5, 0.6) is 11.5 Å². The Bertz CT molecular complexity index is 1280. The van der Waals surface area contributed by atoms with Gasteiger partial charge < -0.3 is 30.4 Å². The van der Waals surface area contributed by atoms with Crippen molar-refractivity contribution in [3.8, 4) is 11.5 Å². The fraction of sp³-hybridized carbons (Fsp3) is 0.172. The lowest BCUT2D eigenvalue weighted by molar-refractivity contribution is 0.0607. The minimum atomic E-state index is -0.454. The number of nitrogen functional groups attached to an aromatic ring is 2. The van der Waals surface area contributed by atoms with Gasteiger partial charge in [-0.3, -0.25) is 0 Å². The molecule has 0 heterocycles. The minimum Gasteiger partial charge on any atom is -0.498 e. The summed E-state index contributed by atoms with van der Waals surface area (Å²) in [6.45, 7) is 0.968. The molecule has 4 rings (SSSR count). The summed E-state index contributed by atoms with van der Waals surface area (Å²) in [4.78, 5) is 24.4. The number of anilines is 2. The average Bonchev–Trinajstić information content (AvgIpc) is 2.91. The van der Waals surface area contributed by atoms with Crippen LogP contribution in [-0.4, -0.2) is 25.2 Å². The Balaban J connectivity index is 1.14. The third-order valence-corrected chi connectivity index (χ3v) is 5.47. The molecular weight excluding hydrogens is 472 g/mol. The van der Waals surface area contributed by atoms with E-state index in [1.165, 1.54) is 0 Å². The predicted octanol–water partition coefficient (Wildman–Crippen LogP) is 5.27. The normalized spacial score (nSPS) is 12.6. The van der Waals surface area contributed by atoms with Crippen LogP contribution in [0, 0.1) is 0 Å². The maximum Gasteiger partial charge on any atom is 0.343 e. The average molecular weight is 501 g/mol.